The molecule has 1 aliphatic rings. The number of rotatable bonds is 6. The number of aromatic nitrogens is 1. The fourth-order valence-corrected chi connectivity index (χ4v) is 3.24. The predicted octanol–water partition coefficient (Wildman–Crippen LogP) is 3.02. The number of pyridine rings is 1. The standard InChI is InChI=1S/C20H23N3O4/c1-3-27-15-8-6-14(7-9-15)22-18-16(5-4-10-21-18)19(24)23-11-13(2)17(12-23)20(25)26/h4-10,13,17H,3,11-12H2,1-2H3,(H,21,22)(H,25,26)/t13-,17-/m1/s1. The molecule has 27 heavy (non-hydrogen) atoms. The van der Waals surface area contributed by atoms with Gasteiger partial charge in [-0.15, -0.1) is 0 Å². The highest BCUT2D eigenvalue weighted by molar-refractivity contribution is 5.99. The molecule has 0 saturated carbocycles. The van der Waals surface area contributed by atoms with Crippen molar-refractivity contribution < 1.29 is 19.4 Å². The van der Waals surface area contributed by atoms with Crippen LogP contribution in [0.1, 0.15) is 24.2 Å². The van der Waals surface area contributed by atoms with Gasteiger partial charge in [0.05, 0.1) is 18.1 Å². The molecule has 2 N–H and O–H groups in total. The quantitative estimate of drug-likeness (QED) is 0.813. The van der Waals surface area contributed by atoms with Crippen LogP contribution in [-0.4, -0.2) is 46.6 Å². The molecule has 2 heterocycles. The summed E-state index contributed by atoms with van der Waals surface area (Å²) < 4.78 is 5.43. The number of ether oxygens (including phenoxy) is 1. The summed E-state index contributed by atoms with van der Waals surface area (Å²) in [6.07, 6.45) is 1.61. The van der Waals surface area contributed by atoms with Crippen molar-refractivity contribution in [3.8, 4) is 5.75 Å². The number of benzene rings is 1. The van der Waals surface area contributed by atoms with Crippen molar-refractivity contribution in [2.75, 3.05) is 25.0 Å². The van der Waals surface area contributed by atoms with Crippen molar-refractivity contribution in [3.05, 3.63) is 48.2 Å². The first-order valence-corrected chi connectivity index (χ1v) is 8.96. The van der Waals surface area contributed by atoms with Gasteiger partial charge in [-0.25, -0.2) is 4.98 Å². The minimum absolute atomic E-state index is 0.0781. The molecule has 0 bridgehead atoms. The number of nitrogens with zero attached hydrogens (tertiary/aromatic N) is 2. The molecule has 1 saturated heterocycles. The van der Waals surface area contributed by atoms with Crippen molar-refractivity contribution in [1.29, 1.82) is 0 Å². The van der Waals surface area contributed by atoms with Crippen molar-refractivity contribution in [2.45, 2.75) is 13.8 Å². The molecule has 2 atom stereocenters. The van der Waals surface area contributed by atoms with Gasteiger partial charge in [-0.05, 0) is 49.2 Å². The molecule has 3 rings (SSSR count). The molecule has 1 aromatic carbocycles. The van der Waals surface area contributed by atoms with Gasteiger partial charge >= 0.3 is 5.97 Å². The third-order valence-electron chi connectivity index (χ3n) is 4.68. The SMILES string of the molecule is CCOc1ccc(Nc2ncccc2C(=O)N2C[C@@H](C)[C@H](C(=O)O)C2)cc1. The van der Waals surface area contributed by atoms with E-state index in [4.69, 9.17) is 4.74 Å². The summed E-state index contributed by atoms with van der Waals surface area (Å²) in [6.45, 7) is 5.01. The van der Waals surface area contributed by atoms with E-state index < -0.39 is 11.9 Å². The molecule has 0 unspecified atom stereocenters. The van der Waals surface area contributed by atoms with Crippen LogP contribution in [0.4, 0.5) is 11.5 Å². The Balaban J connectivity index is 1.77. The molecule has 2 aromatic rings. The zero-order chi connectivity index (χ0) is 19.4. The van der Waals surface area contributed by atoms with Gasteiger partial charge in [-0.3, -0.25) is 9.59 Å². The first-order chi connectivity index (χ1) is 13.0. The number of likely N-dealkylation sites (tertiary alicyclic amines) is 1. The maximum atomic E-state index is 12.9. The average molecular weight is 369 g/mol. The van der Waals surface area contributed by atoms with Gasteiger partial charge < -0.3 is 20.1 Å². The summed E-state index contributed by atoms with van der Waals surface area (Å²) in [5.41, 5.74) is 1.20. The smallest absolute Gasteiger partial charge is 0.308 e. The normalized spacial score (nSPS) is 19.0. The molecule has 1 fully saturated rings. The summed E-state index contributed by atoms with van der Waals surface area (Å²) in [7, 11) is 0. The zero-order valence-electron chi connectivity index (χ0n) is 15.4. The Morgan fingerprint density at radius 2 is 2.00 bits per heavy atom. The Morgan fingerprint density at radius 3 is 2.63 bits per heavy atom. The number of hydrogen-bond acceptors (Lipinski definition) is 5. The zero-order valence-corrected chi connectivity index (χ0v) is 15.4. The second-order valence-corrected chi connectivity index (χ2v) is 6.61. The summed E-state index contributed by atoms with van der Waals surface area (Å²) >= 11 is 0. The van der Waals surface area contributed by atoms with E-state index in [1.54, 1.807) is 23.2 Å². The van der Waals surface area contributed by atoms with Crippen LogP contribution < -0.4 is 10.1 Å². The lowest BCUT2D eigenvalue weighted by molar-refractivity contribution is -0.142. The summed E-state index contributed by atoms with van der Waals surface area (Å²) in [5, 5.41) is 12.5. The van der Waals surface area contributed by atoms with Crippen LogP contribution in [0.5, 0.6) is 5.75 Å². The highest BCUT2D eigenvalue weighted by atomic mass is 16.5. The number of amides is 1. The number of anilines is 2. The number of carbonyl (C=O) groups excluding carboxylic acids is 1. The van der Waals surface area contributed by atoms with Gasteiger partial charge in [0.15, 0.2) is 0 Å². The van der Waals surface area contributed by atoms with E-state index in [9.17, 15) is 14.7 Å². The first kappa shape index (κ1) is 18.7. The van der Waals surface area contributed by atoms with E-state index >= 15 is 0 Å². The van der Waals surface area contributed by atoms with E-state index in [2.05, 4.69) is 10.3 Å². The number of aliphatic carboxylic acids is 1. The number of carboxylic acid groups (broad SMARTS) is 1. The first-order valence-electron chi connectivity index (χ1n) is 8.96. The Morgan fingerprint density at radius 1 is 1.26 bits per heavy atom. The fourth-order valence-electron chi connectivity index (χ4n) is 3.24. The van der Waals surface area contributed by atoms with Crippen LogP contribution in [0.25, 0.3) is 0 Å². The number of nitrogens with one attached hydrogen (secondary N) is 1. The fraction of sp³-hybridized carbons (Fsp3) is 0.350. The topological polar surface area (TPSA) is 91.8 Å². The molecule has 1 aliphatic heterocycles. The molecule has 7 heteroatoms. The molecule has 7 nitrogen and oxygen atoms in total. The van der Waals surface area contributed by atoms with Gasteiger partial charge in [-0.1, -0.05) is 6.92 Å². The summed E-state index contributed by atoms with van der Waals surface area (Å²) in [6, 6.07) is 10.8. The van der Waals surface area contributed by atoms with E-state index in [-0.39, 0.29) is 18.4 Å². The maximum absolute atomic E-state index is 12.9. The molecule has 1 amide bonds. The minimum Gasteiger partial charge on any atom is -0.494 e. The maximum Gasteiger partial charge on any atom is 0.308 e. The van der Waals surface area contributed by atoms with Gasteiger partial charge in [0.1, 0.15) is 11.6 Å². The van der Waals surface area contributed by atoms with Gasteiger partial charge in [0.25, 0.3) is 5.91 Å². The van der Waals surface area contributed by atoms with Crippen molar-refractivity contribution in [2.24, 2.45) is 11.8 Å². The molecule has 0 radical (unpaired) electrons. The van der Waals surface area contributed by atoms with Crippen LogP contribution in [0, 0.1) is 11.8 Å². The molecule has 0 spiro atoms. The van der Waals surface area contributed by atoms with Crippen molar-refractivity contribution in [1.82, 2.24) is 9.88 Å². The lowest BCUT2D eigenvalue weighted by Crippen LogP contribution is -2.30. The van der Waals surface area contributed by atoms with E-state index in [1.807, 2.05) is 38.1 Å². The third kappa shape index (κ3) is 4.19. The predicted molar refractivity (Wildman–Crippen MR) is 101 cm³/mol. The summed E-state index contributed by atoms with van der Waals surface area (Å²) in [4.78, 5) is 30.1. The Hall–Kier alpha value is -3.09. The Labute approximate surface area is 158 Å². The molecule has 0 aliphatic carbocycles. The lowest BCUT2D eigenvalue weighted by atomic mass is 9.99. The second-order valence-electron chi connectivity index (χ2n) is 6.61. The minimum atomic E-state index is -0.864. The Bertz CT molecular complexity index is 822. The summed E-state index contributed by atoms with van der Waals surface area (Å²) in [5.74, 6) is -0.480. The highest BCUT2D eigenvalue weighted by Gasteiger charge is 2.37. The molecular weight excluding hydrogens is 346 g/mol. The lowest BCUT2D eigenvalue weighted by Gasteiger charge is -2.18. The highest BCUT2D eigenvalue weighted by Crippen LogP contribution is 2.27. The van der Waals surface area contributed by atoms with E-state index in [0.29, 0.717) is 24.5 Å². The molecule has 1 aromatic heterocycles. The van der Waals surface area contributed by atoms with Crippen molar-refractivity contribution in [3.63, 3.8) is 0 Å². The van der Waals surface area contributed by atoms with Gasteiger partial charge in [-0.2, -0.15) is 0 Å². The number of hydrogen-bond donors (Lipinski definition) is 2. The molecular formula is C20H23N3O4. The van der Waals surface area contributed by atoms with Crippen LogP contribution in [-0.2, 0) is 4.79 Å². The van der Waals surface area contributed by atoms with Crippen LogP contribution in [0.15, 0.2) is 42.6 Å². The third-order valence-corrected chi connectivity index (χ3v) is 4.68. The second kappa shape index (κ2) is 8.07. The van der Waals surface area contributed by atoms with E-state index in [1.165, 1.54) is 0 Å². The number of carboxylic acids is 1. The van der Waals surface area contributed by atoms with E-state index in [0.717, 1.165) is 11.4 Å². The monoisotopic (exact) mass is 369 g/mol. The van der Waals surface area contributed by atoms with Gasteiger partial charge in [0, 0.05) is 25.0 Å². The van der Waals surface area contributed by atoms with Crippen LogP contribution in [0.3, 0.4) is 0 Å². The van der Waals surface area contributed by atoms with Crippen molar-refractivity contribution >= 4 is 23.4 Å². The average Bonchev–Trinajstić information content (AvgIpc) is 3.05. The largest absolute Gasteiger partial charge is 0.494 e. The van der Waals surface area contributed by atoms with Crippen LogP contribution in [0.2, 0.25) is 0 Å². The Kier molecular flexibility index (Phi) is 5.59. The number of carbonyl (C=O) groups is 2. The van der Waals surface area contributed by atoms with Crippen LogP contribution >= 0.6 is 0 Å². The van der Waals surface area contributed by atoms with Gasteiger partial charge in [0.2, 0.25) is 0 Å². The molecule has 142 valence electrons.